The molecule has 3 aromatic carbocycles. The number of halogens is 1. The molecule has 1 aliphatic rings. The Bertz CT molecular complexity index is 1420. The van der Waals surface area contributed by atoms with E-state index in [1.807, 2.05) is 55.5 Å². The summed E-state index contributed by atoms with van der Waals surface area (Å²) in [6, 6.07) is 24.6. The van der Waals surface area contributed by atoms with E-state index < -0.39 is 12.1 Å². The van der Waals surface area contributed by atoms with Crippen molar-refractivity contribution < 1.29 is 23.1 Å². The van der Waals surface area contributed by atoms with Gasteiger partial charge in [0.15, 0.2) is 11.9 Å². The zero-order chi connectivity index (χ0) is 27.4. The van der Waals surface area contributed by atoms with Crippen LogP contribution in [0.15, 0.2) is 95.6 Å². The Hall–Kier alpha value is -4.39. The maximum Gasteiger partial charge on any atom is 0.290 e. The molecular weight excluding hydrogens is 495 g/mol. The second-order valence-corrected chi connectivity index (χ2v) is 9.74. The summed E-state index contributed by atoms with van der Waals surface area (Å²) >= 11 is 0. The highest BCUT2D eigenvalue weighted by molar-refractivity contribution is 5.92. The standard InChI is InChI=1S/C32H31FN2O4/c1-3-28(31(36)34(2)21-22-8-5-4-6-9-22)39-26-16-13-23-17-18-35(32(37)29-10-7-19-38-29)30(27(23)20-26)24-11-14-25(33)15-12-24/h4-16,19-20,28,30H,3,17-18,21H2,1-2H3. The molecule has 4 aromatic rings. The molecular formula is C32H31FN2O4. The van der Waals surface area contributed by atoms with Gasteiger partial charge in [-0.15, -0.1) is 0 Å². The Labute approximate surface area is 227 Å². The number of fused-ring (bicyclic) bond motifs is 1. The van der Waals surface area contributed by atoms with E-state index in [0.717, 1.165) is 22.3 Å². The number of benzene rings is 3. The third-order valence-corrected chi connectivity index (χ3v) is 7.09. The number of hydrogen-bond acceptors (Lipinski definition) is 4. The minimum atomic E-state index is -0.662. The van der Waals surface area contributed by atoms with Gasteiger partial charge in [-0.25, -0.2) is 4.39 Å². The predicted molar refractivity (Wildman–Crippen MR) is 146 cm³/mol. The van der Waals surface area contributed by atoms with E-state index in [1.54, 1.807) is 41.1 Å². The van der Waals surface area contributed by atoms with Gasteiger partial charge < -0.3 is 19.0 Å². The number of carbonyl (C=O) groups excluding carboxylic acids is 2. The molecule has 0 saturated heterocycles. The molecule has 1 aromatic heterocycles. The monoisotopic (exact) mass is 526 g/mol. The van der Waals surface area contributed by atoms with Crippen molar-refractivity contribution in [3.8, 4) is 5.75 Å². The highest BCUT2D eigenvalue weighted by atomic mass is 19.1. The Kier molecular flexibility index (Phi) is 7.77. The van der Waals surface area contributed by atoms with Crippen molar-refractivity contribution in [2.75, 3.05) is 13.6 Å². The Morgan fingerprint density at radius 2 is 1.82 bits per heavy atom. The topological polar surface area (TPSA) is 63.0 Å². The van der Waals surface area contributed by atoms with Crippen LogP contribution in [0.5, 0.6) is 5.75 Å². The fourth-order valence-electron chi connectivity index (χ4n) is 5.09. The van der Waals surface area contributed by atoms with Gasteiger partial charge in [-0.05, 0) is 71.5 Å². The fourth-order valence-corrected chi connectivity index (χ4v) is 5.09. The quantitative estimate of drug-likeness (QED) is 0.282. The summed E-state index contributed by atoms with van der Waals surface area (Å²) in [6.45, 7) is 2.89. The van der Waals surface area contributed by atoms with E-state index in [-0.39, 0.29) is 23.4 Å². The van der Waals surface area contributed by atoms with Gasteiger partial charge in [0.25, 0.3) is 11.8 Å². The van der Waals surface area contributed by atoms with Gasteiger partial charge in [-0.1, -0.05) is 55.5 Å². The molecule has 1 aliphatic heterocycles. The summed E-state index contributed by atoms with van der Waals surface area (Å²) in [4.78, 5) is 30.1. The Morgan fingerprint density at radius 3 is 2.51 bits per heavy atom. The summed E-state index contributed by atoms with van der Waals surface area (Å²) in [5, 5.41) is 0. The van der Waals surface area contributed by atoms with E-state index >= 15 is 0 Å². The van der Waals surface area contributed by atoms with Crippen molar-refractivity contribution in [1.82, 2.24) is 9.80 Å². The normalized spacial score (nSPS) is 15.4. The van der Waals surface area contributed by atoms with Gasteiger partial charge in [-0.2, -0.15) is 0 Å². The summed E-state index contributed by atoms with van der Waals surface area (Å²) in [5.74, 6) is 0.0939. The van der Waals surface area contributed by atoms with Gasteiger partial charge in [0, 0.05) is 20.1 Å². The van der Waals surface area contributed by atoms with E-state index in [9.17, 15) is 14.0 Å². The summed E-state index contributed by atoms with van der Waals surface area (Å²) in [7, 11) is 1.77. The SMILES string of the molecule is CCC(Oc1ccc2c(c1)C(c1ccc(F)cc1)N(C(=O)c1ccco1)CC2)C(=O)N(C)Cc1ccccc1. The van der Waals surface area contributed by atoms with Crippen LogP contribution in [0.3, 0.4) is 0 Å². The van der Waals surface area contributed by atoms with Crippen LogP contribution < -0.4 is 4.74 Å². The molecule has 0 fully saturated rings. The summed E-state index contributed by atoms with van der Waals surface area (Å²) in [5.41, 5.74) is 3.77. The first-order chi connectivity index (χ1) is 18.9. The average Bonchev–Trinajstić information content (AvgIpc) is 3.51. The van der Waals surface area contributed by atoms with E-state index in [1.165, 1.54) is 18.4 Å². The number of nitrogens with zero attached hydrogens (tertiary/aromatic N) is 2. The molecule has 2 amide bonds. The maximum absolute atomic E-state index is 13.8. The van der Waals surface area contributed by atoms with Crippen LogP contribution in [0.1, 0.15) is 52.2 Å². The van der Waals surface area contributed by atoms with Crippen LogP contribution in [0, 0.1) is 5.82 Å². The van der Waals surface area contributed by atoms with Crippen molar-refractivity contribution in [2.45, 2.75) is 38.5 Å². The minimum Gasteiger partial charge on any atom is -0.481 e. The molecule has 2 unspecified atom stereocenters. The van der Waals surface area contributed by atoms with E-state index in [4.69, 9.17) is 9.15 Å². The summed E-state index contributed by atoms with van der Waals surface area (Å²) in [6.07, 6.45) is 1.96. The molecule has 7 heteroatoms. The number of amides is 2. The number of rotatable bonds is 8. The van der Waals surface area contributed by atoms with Crippen LogP contribution in [-0.4, -0.2) is 41.3 Å². The number of furan rings is 1. The average molecular weight is 527 g/mol. The largest absolute Gasteiger partial charge is 0.481 e. The zero-order valence-electron chi connectivity index (χ0n) is 22.0. The molecule has 2 heterocycles. The van der Waals surface area contributed by atoms with Crippen molar-refractivity contribution in [2.24, 2.45) is 0 Å². The van der Waals surface area contributed by atoms with Crippen molar-refractivity contribution in [1.29, 1.82) is 0 Å². The van der Waals surface area contributed by atoms with Crippen molar-refractivity contribution in [3.05, 3.63) is 125 Å². The van der Waals surface area contributed by atoms with E-state index in [2.05, 4.69) is 0 Å². The van der Waals surface area contributed by atoms with Crippen LogP contribution in [0.2, 0.25) is 0 Å². The molecule has 2 atom stereocenters. The van der Waals surface area contributed by atoms with E-state index in [0.29, 0.717) is 31.7 Å². The fraction of sp³-hybridized carbons (Fsp3) is 0.250. The highest BCUT2D eigenvalue weighted by Crippen LogP contribution is 2.38. The second-order valence-electron chi connectivity index (χ2n) is 9.74. The Morgan fingerprint density at radius 1 is 1.05 bits per heavy atom. The van der Waals surface area contributed by atoms with Gasteiger partial charge >= 0.3 is 0 Å². The summed E-state index contributed by atoms with van der Waals surface area (Å²) < 4.78 is 25.5. The first-order valence-corrected chi connectivity index (χ1v) is 13.1. The van der Waals surface area contributed by atoms with Crippen LogP contribution >= 0.6 is 0 Å². The van der Waals surface area contributed by atoms with Crippen LogP contribution in [0.4, 0.5) is 4.39 Å². The molecule has 0 spiro atoms. The highest BCUT2D eigenvalue weighted by Gasteiger charge is 2.34. The molecule has 0 radical (unpaired) electrons. The maximum atomic E-state index is 13.8. The molecule has 0 bridgehead atoms. The molecule has 0 aliphatic carbocycles. The first kappa shape index (κ1) is 26.2. The van der Waals surface area contributed by atoms with Crippen LogP contribution in [-0.2, 0) is 17.8 Å². The first-order valence-electron chi connectivity index (χ1n) is 13.1. The molecule has 200 valence electrons. The third kappa shape index (κ3) is 5.72. The van der Waals surface area contributed by atoms with Gasteiger partial charge in [0.05, 0.1) is 12.3 Å². The molecule has 5 rings (SSSR count). The predicted octanol–water partition coefficient (Wildman–Crippen LogP) is 6.02. The molecule has 0 saturated carbocycles. The smallest absolute Gasteiger partial charge is 0.290 e. The number of carbonyl (C=O) groups is 2. The second kappa shape index (κ2) is 11.6. The van der Waals surface area contributed by atoms with Gasteiger partial charge in [-0.3, -0.25) is 9.59 Å². The lowest BCUT2D eigenvalue weighted by molar-refractivity contribution is -0.138. The van der Waals surface area contributed by atoms with Crippen LogP contribution in [0.25, 0.3) is 0 Å². The lowest BCUT2D eigenvalue weighted by Gasteiger charge is -2.37. The zero-order valence-corrected chi connectivity index (χ0v) is 22.0. The van der Waals surface area contributed by atoms with Gasteiger partial charge in [0.1, 0.15) is 11.6 Å². The third-order valence-electron chi connectivity index (χ3n) is 7.09. The van der Waals surface area contributed by atoms with Crippen molar-refractivity contribution in [3.63, 3.8) is 0 Å². The number of ether oxygens (including phenoxy) is 1. The van der Waals surface area contributed by atoms with Gasteiger partial charge in [0.2, 0.25) is 0 Å². The molecule has 39 heavy (non-hydrogen) atoms. The lowest BCUT2D eigenvalue weighted by atomic mass is 9.87. The minimum absolute atomic E-state index is 0.108. The Balaban J connectivity index is 1.43. The number of hydrogen-bond donors (Lipinski definition) is 0. The molecule has 6 nitrogen and oxygen atoms in total. The molecule has 0 N–H and O–H groups in total. The lowest BCUT2D eigenvalue weighted by Crippen LogP contribution is -2.41. The number of likely N-dealkylation sites (N-methyl/N-ethyl adjacent to an activating group) is 1. The van der Waals surface area contributed by atoms with Crippen molar-refractivity contribution >= 4 is 11.8 Å².